The maximum atomic E-state index is 5.84. The van der Waals surface area contributed by atoms with Gasteiger partial charge in [-0.05, 0) is 32.4 Å². The molecule has 0 spiro atoms. The van der Waals surface area contributed by atoms with Crippen molar-refractivity contribution < 1.29 is 9.47 Å². The minimum atomic E-state index is -0.259. The van der Waals surface area contributed by atoms with Crippen LogP contribution in [0.4, 0.5) is 0 Å². The fourth-order valence-corrected chi connectivity index (χ4v) is 2.64. The fourth-order valence-electron chi connectivity index (χ4n) is 2.64. The molecule has 0 aliphatic carbocycles. The molecule has 1 aliphatic rings. The van der Waals surface area contributed by atoms with Crippen LogP contribution in [0.2, 0.25) is 0 Å². The van der Waals surface area contributed by atoms with Gasteiger partial charge in [0.1, 0.15) is 12.2 Å². The Bertz CT molecular complexity index is 650. The second-order valence-corrected chi connectivity index (χ2v) is 6.87. The highest BCUT2D eigenvalue weighted by atomic mass is 16.5. The van der Waals surface area contributed by atoms with Crippen molar-refractivity contribution in [1.29, 1.82) is 0 Å². The highest BCUT2D eigenvalue weighted by molar-refractivity contribution is 5.31. The quantitative estimate of drug-likeness (QED) is 0.866. The zero-order valence-electron chi connectivity index (χ0n) is 14.1. The van der Waals surface area contributed by atoms with Gasteiger partial charge in [0.15, 0.2) is 0 Å². The second-order valence-electron chi connectivity index (χ2n) is 6.87. The minimum Gasteiger partial charge on any atom is -0.476 e. The Morgan fingerprint density at radius 2 is 1.91 bits per heavy atom. The Labute approximate surface area is 138 Å². The van der Waals surface area contributed by atoms with Gasteiger partial charge >= 0.3 is 0 Å². The van der Waals surface area contributed by atoms with Gasteiger partial charge in [0.2, 0.25) is 11.8 Å². The number of hydrogen-bond acceptors (Lipinski definition) is 4. The summed E-state index contributed by atoms with van der Waals surface area (Å²) < 4.78 is 11.7. The Balaban J connectivity index is 1.73. The van der Waals surface area contributed by atoms with Crippen molar-refractivity contribution in [3.8, 4) is 11.8 Å². The molecule has 4 heteroatoms. The van der Waals surface area contributed by atoms with E-state index in [1.54, 1.807) is 0 Å². The lowest BCUT2D eigenvalue weighted by atomic mass is 10.2. The van der Waals surface area contributed by atoms with E-state index < -0.39 is 0 Å². The van der Waals surface area contributed by atoms with Crippen LogP contribution in [0, 0.1) is 0 Å². The Kier molecular flexibility index (Phi) is 4.53. The molecule has 2 heterocycles. The third kappa shape index (κ3) is 4.45. The first-order valence-electron chi connectivity index (χ1n) is 8.08. The number of hydrogen-bond donors (Lipinski definition) is 0. The van der Waals surface area contributed by atoms with Gasteiger partial charge in [0.05, 0.1) is 0 Å². The van der Waals surface area contributed by atoms with E-state index in [2.05, 4.69) is 40.2 Å². The molecule has 2 aromatic rings. The van der Waals surface area contributed by atoms with Crippen molar-refractivity contribution in [3.63, 3.8) is 0 Å². The van der Waals surface area contributed by atoms with Crippen molar-refractivity contribution in [1.82, 2.24) is 9.88 Å². The SMILES string of the molecule is CC(C)(C)Oc1ccc2c(n1)OCCN(Cc1ccccc1)C2. The lowest BCUT2D eigenvalue weighted by molar-refractivity contribution is 0.122. The number of benzene rings is 1. The smallest absolute Gasteiger partial charge is 0.221 e. The van der Waals surface area contributed by atoms with Crippen LogP contribution in [-0.2, 0) is 13.1 Å². The van der Waals surface area contributed by atoms with Gasteiger partial charge in [0.25, 0.3) is 0 Å². The molecule has 0 N–H and O–H groups in total. The molecule has 0 amide bonds. The molecule has 0 fully saturated rings. The van der Waals surface area contributed by atoms with Crippen molar-refractivity contribution in [2.24, 2.45) is 0 Å². The number of pyridine rings is 1. The minimum absolute atomic E-state index is 0.259. The fraction of sp³-hybridized carbons (Fsp3) is 0.421. The first-order valence-corrected chi connectivity index (χ1v) is 8.08. The molecule has 3 rings (SSSR count). The Hall–Kier alpha value is -2.07. The maximum Gasteiger partial charge on any atom is 0.221 e. The van der Waals surface area contributed by atoms with Crippen LogP contribution in [-0.4, -0.2) is 28.6 Å². The summed E-state index contributed by atoms with van der Waals surface area (Å²) in [4.78, 5) is 6.91. The molecule has 1 aliphatic heterocycles. The Morgan fingerprint density at radius 3 is 2.65 bits per heavy atom. The van der Waals surface area contributed by atoms with E-state index in [9.17, 15) is 0 Å². The second kappa shape index (κ2) is 6.59. The molecule has 0 unspecified atom stereocenters. The normalized spacial score (nSPS) is 15.4. The zero-order chi connectivity index (χ0) is 16.3. The maximum absolute atomic E-state index is 5.84. The highest BCUT2D eigenvalue weighted by Crippen LogP contribution is 2.26. The van der Waals surface area contributed by atoms with E-state index in [1.807, 2.05) is 32.9 Å². The van der Waals surface area contributed by atoms with Crippen molar-refractivity contribution in [2.45, 2.75) is 39.5 Å². The van der Waals surface area contributed by atoms with E-state index in [0.717, 1.165) is 25.2 Å². The van der Waals surface area contributed by atoms with Crippen LogP contribution in [0.25, 0.3) is 0 Å². The molecule has 0 saturated heterocycles. The van der Waals surface area contributed by atoms with E-state index in [-0.39, 0.29) is 5.60 Å². The predicted octanol–water partition coefficient (Wildman–Crippen LogP) is 3.65. The van der Waals surface area contributed by atoms with Crippen LogP contribution in [0.5, 0.6) is 11.8 Å². The predicted molar refractivity (Wildman–Crippen MR) is 90.7 cm³/mol. The lowest BCUT2D eigenvalue weighted by Gasteiger charge is -2.21. The topological polar surface area (TPSA) is 34.6 Å². The first kappa shape index (κ1) is 15.8. The molecule has 0 radical (unpaired) electrons. The molecule has 0 bridgehead atoms. The van der Waals surface area contributed by atoms with E-state index in [0.29, 0.717) is 18.4 Å². The first-order chi connectivity index (χ1) is 11.0. The van der Waals surface area contributed by atoms with Crippen molar-refractivity contribution in [2.75, 3.05) is 13.2 Å². The van der Waals surface area contributed by atoms with Gasteiger partial charge in [0, 0.05) is 31.3 Å². The molecule has 122 valence electrons. The number of nitrogens with zero attached hydrogens (tertiary/aromatic N) is 2. The zero-order valence-corrected chi connectivity index (χ0v) is 14.1. The van der Waals surface area contributed by atoms with E-state index in [4.69, 9.17) is 9.47 Å². The van der Waals surface area contributed by atoms with Crippen LogP contribution < -0.4 is 9.47 Å². The van der Waals surface area contributed by atoms with Gasteiger partial charge < -0.3 is 9.47 Å². The number of rotatable bonds is 3. The van der Waals surface area contributed by atoms with Crippen molar-refractivity contribution >= 4 is 0 Å². The number of fused-ring (bicyclic) bond motifs is 1. The number of ether oxygens (including phenoxy) is 2. The summed E-state index contributed by atoms with van der Waals surface area (Å²) in [5.74, 6) is 1.31. The van der Waals surface area contributed by atoms with Gasteiger partial charge in [-0.15, -0.1) is 0 Å². The number of aromatic nitrogens is 1. The average molecular weight is 312 g/mol. The summed E-state index contributed by atoms with van der Waals surface area (Å²) in [7, 11) is 0. The summed E-state index contributed by atoms with van der Waals surface area (Å²) >= 11 is 0. The van der Waals surface area contributed by atoms with Crippen molar-refractivity contribution in [3.05, 3.63) is 53.6 Å². The summed E-state index contributed by atoms with van der Waals surface area (Å²) in [5, 5.41) is 0. The largest absolute Gasteiger partial charge is 0.476 e. The molecule has 1 aromatic heterocycles. The Morgan fingerprint density at radius 1 is 1.13 bits per heavy atom. The van der Waals surface area contributed by atoms with Crippen LogP contribution in [0.1, 0.15) is 31.9 Å². The summed E-state index contributed by atoms with van der Waals surface area (Å²) in [6, 6.07) is 14.5. The molecule has 0 saturated carbocycles. The summed E-state index contributed by atoms with van der Waals surface area (Å²) in [6.45, 7) is 9.35. The molecular weight excluding hydrogens is 288 g/mol. The standard InChI is InChI=1S/C19H24N2O2/c1-19(2,3)23-17-10-9-16-14-21(11-12-22-18(16)20-17)13-15-7-5-4-6-8-15/h4-10H,11-14H2,1-3H3. The van der Waals surface area contributed by atoms with E-state index >= 15 is 0 Å². The average Bonchev–Trinajstić information content (AvgIpc) is 2.68. The lowest BCUT2D eigenvalue weighted by Crippen LogP contribution is -2.25. The van der Waals surface area contributed by atoms with Crippen LogP contribution in [0.3, 0.4) is 0 Å². The van der Waals surface area contributed by atoms with Crippen LogP contribution in [0.15, 0.2) is 42.5 Å². The van der Waals surface area contributed by atoms with Crippen LogP contribution >= 0.6 is 0 Å². The summed E-state index contributed by atoms with van der Waals surface area (Å²) in [5.41, 5.74) is 2.17. The molecule has 0 atom stereocenters. The van der Waals surface area contributed by atoms with Gasteiger partial charge in [-0.3, -0.25) is 4.90 Å². The molecule has 23 heavy (non-hydrogen) atoms. The monoisotopic (exact) mass is 312 g/mol. The third-order valence-electron chi connectivity index (χ3n) is 3.61. The molecular formula is C19H24N2O2. The molecule has 1 aromatic carbocycles. The van der Waals surface area contributed by atoms with Gasteiger partial charge in [-0.25, -0.2) is 0 Å². The van der Waals surface area contributed by atoms with Gasteiger partial charge in [-0.1, -0.05) is 30.3 Å². The highest BCUT2D eigenvalue weighted by Gasteiger charge is 2.19. The third-order valence-corrected chi connectivity index (χ3v) is 3.61. The van der Waals surface area contributed by atoms with Gasteiger partial charge in [-0.2, -0.15) is 4.98 Å². The molecule has 4 nitrogen and oxygen atoms in total. The van der Waals surface area contributed by atoms with E-state index in [1.165, 1.54) is 5.56 Å². The summed E-state index contributed by atoms with van der Waals surface area (Å²) in [6.07, 6.45) is 0.